The molecule has 1 saturated heterocycles. The number of nitrogens with zero attached hydrogens (tertiary/aromatic N) is 6. The standard InChI is InChI=1S/C25H28F2N8O3S/c1-15-11-12-19(33-32-15)29-20-14-17(28-16-8-4-5-9-18(16)34(2)39(3,36)37)22-24(30-20)35(25(31-22)23(26)27)21-10-6-7-13-38-21/h4-5,8-9,11-12,14,21,23H,6-7,10,13H2,1-3H3,(H2,28,29,30,33). The molecule has 14 heteroatoms. The summed E-state index contributed by atoms with van der Waals surface area (Å²) < 4.78 is 61.4. The van der Waals surface area contributed by atoms with Crippen LogP contribution in [0.2, 0.25) is 0 Å². The number of rotatable bonds is 8. The predicted octanol–water partition coefficient (Wildman–Crippen LogP) is 5.05. The van der Waals surface area contributed by atoms with Crippen LogP contribution in [0.4, 0.5) is 37.5 Å². The van der Waals surface area contributed by atoms with E-state index in [1.54, 1.807) is 42.5 Å². The van der Waals surface area contributed by atoms with Crippen LogP contribution in [-0.4, -0.2) is 53.1 Å². The zero-order valence-electron chi connectivity index (χ0n) is 21.6. The second kappa shape index (κ2) is 10.7. The minimum Gasteiger partial charge on any atom is -0.358 e. The topological polar surface area (TPSA) is 127 Å². The van der Waals surface area contributed by atoms with Crippen molar-refractivity contribution in [2.75, 3.05) is 34.8 Å². The van der Waals surface area contributed by atoms with Crippen molar-refractivity contribution in [3.8, 4) is 0 Å². The van der Waals surface area contributed by atoms with Crippen molar-refractivity contribution in [2.24, 2.45) is 0 Å². The molecule has 0 bridgehead atoms. The molecule has 1 aromatic carbocycles. The summed E-state index contributed by atoms with van der Waals surface area (Å²) in [5.41, 5.74) is 2.25. The van der Waals surface area contributed by atoms with E-state index in [0.717, 1.165) is 29.1 Å². The molecule has 0 saturated carbocycles. The largest absolute Gasteiger partial charge is 0.358 e. The van der Waals surface area contributed by atoms with Crippen molar-refractivity contribution >= 4 is 49.9 Å². The first-order chi connectivity index (χ1) is 18.6. The number of hydrogen-bond acceptors (Lipinski definition) is 9. The molecule has 0 spiro atoms. The normalized spacial score (nSPS) is 16.0. The van der Waals surface area contributed by atoms with Gasteiger partial charge in [0, 0.05) is 19.7 Å². The van der Waals surface area contributed by atoms with Crippen molar-refractivity contribution in [2.45, 2.75) is 38.8 Å². The van der Waals surface area contributed by atoms with E-state index >= 15 is 0 Å². The number of ether oxygens (including phenoxy) is 1. The van der Waals surface area contributed by atoms with Crippen molar-refractivity contribution in [3.05, 3.63) is 54.0 Å². The molecule has 206 valence electrons. The maximum Gasteiger partial charge on any atom is 0.295 e. The van der Waals surface area contributed by atoms with Crippen LogP contribution in [0.5, 0.6) is 0 Å². The van der Waals surface area contributed by atoms with Gasteiger partial charge in [-0.1, -0.05) is 12.1 Å². The van der Waals surface area contributed by atoms with Crippen molar-refractivity contribution < 1.29 is 21.9 Å². The lowest BCUT2D eigenvalue weighted by Crippen LogP contribution is -2.25. The highest BCUT2D eigenvalue weighted by molar-refractivity contribution is 7.92. The molecule has 3 aromatic heterocycles. The molecule has 1 fully saturated rings. The van der Waals surface area contributed by atoms with E-state index in [9.17, 15) is 17.2 Å². The molecule has 11 nitrogen and oxygen atoms in total. The van der Waals surface area contributed by atoms with E-state index in [2.05, 4.69) is 30.8 Å². The van der Waals surface area contributed by atoms with E-state index < -0.39 is 28.5 Å². The number of fused-ring (bicyclic) bond motifs is 1. The number of aromatic nitrogens is 5. The van der Waals surface area contributed by atoms with E-state index in [1.165, 1.54) is 11.6 Å². The summed E-state index contributed by atoms with van der Waals surface area (Å²) >= 11 is 0. The number of benzene rings is 1. The molecule has 1 aliphatic rings. The average Bonchev–Trinajstić information content (AvgIpc) is 3.30. The Morgan fingerprint density at radius 3 is 2.51 bits per heavy atom. The van der Waals surface area contributed by atoms with Crippen LogP contribution < -0.4 is 14.9 Å². The SMILES string of the molecule is Cc1ccc(Nc2cc(Nc3ccccc3N(C)S(C)(=O)=O)c3nc(C(F)F)n(C4CCCCO4)c3n2)nn1. The summed E-state index contributed by atoms with van der Waals surface area (Å²) in [6.07, 6.45) is -0.220. The molecule has 1 atom stereocenters. The summed E-state index contributed by atoms with van der Waals surface area (Å²) in [6, 6.07) is 11.9. The third kappa shape index (κ3) is 5.61. The number of sulfonamides is 1. The lowest BCUT2D eigenvalue weighted by molar-refractivity contribution is -0.0363. The molecular formula is C25H28F2N8O3S. The van der Waals surface area contributed by atoms with Crippen LogP contribution in [0.3, 0.4) is 0 Å². The van der Waals surface area contributed by atoms with Gasteiger partial charge in [-0.15, -0.1) is 5.10 Å². The van der Waals surface area contributed by atoms with Crippen LogP contribution in [0, 0.1) is 6.92 Å². The summed E-state index contributed by atoms with van der Waals surface area (Å²) in [4.78, 5) is 8.92. The third-order valence-electron chi connectivity index (χ3n) is 6.38. The number of anilines is 5. The zero-order valence-corrected chi connectivity index (χ0v) is 22.4. The molecule has 39 heavy (non-hydrogen) atoms. The molecule has 4 heterocycles. The fourth-order valence-corrected chi connectivity index (χ4v) is 4.90. The highest BCUT2D eigenvalue weighted by Gasteiger charge is 2.29. The summed E-state index contributed by atoms with van der Waals surface area (Å²) in [6.45, 7) is 2.25. The van der Waals surface area contributed by atoms with E-state index in [4.69, 9.17) is 4.74 Å². The second-order valence-electron chi connectivity index (χ2n) is 9.25. The van der Waals surface area contributed by atoms with Crippen molar-refractivity contribution in [1.82, 2.24) is 24.7 Å². The maximum atomic E-state index is 14.3. The number of pyridine rings is 1. The Bertz CT molecular complexity index is 1590. The minimum atomic E-state index is -3.58. The Kier molecular flexibility index (Phi) is 7.32. The van der Waals surface area contributed by atoms with Crippen LogP contribution >= 0.6 is 0 Å². The predicted molar refractivity (Wildman–Crippen MR) is 144 cm³/mol. The fraction of sp³-hybridized carbons (Fsp3) is 0.360. The first-order valence-electron chi connectivity index (χ1n) is 12.3. The van der Waals surface area contributed by atoms with E-state index in [1.807, 2.05) is 6.92 Å². The van der Waals surface area contributed by atoms with Crippen LogP contribution in [0.15, 0.2) is 42.5 Å². The van der Waals surface area contributed by atoms with Gasteiger partial charge in [-0.2, -0.15) is 5.10 Å². The number of para-hydroxylation sites is 2. The molecule has 2 N–H and O–H groups in total. The Morgan fingerprint density at radius 1 is 1.05 bits per heavy atom. The van der Waals surface area contributed by atoms with E-state index in [-0.39, 0.29) is 11.2 Å². The van der Waals surface area contributed by atoms with Crippen LogP contribution in [0.1, 0.15) is 43.4 Å². The van der Waals surface area contributed by atoms with Gasteiger partial charge in [0.05, 0.1) is 29.0 Å². The number of halogens is 2. The molecule has 1 aliphatic heterocycles. The lowest BCUT2D eigenvalue weighted by atomic mass is 10.2. The van der Waals surface area contributed by atoms with Gasteiger partial charge < -0.3 is 15.4 Å². The van der Waals surface area contributed by atoms with Gasteiger partial charge in [0.1, 0.15) is 17.6 Å². The first kappa shape index (κ1) is 26.7. The quantitative estimate of drug-likeness (QED) is 0.305. The van der Waals surface area contributed by atoms with Gasteiger partial charge in [-0.25, -0.2) is 27.2 Å². The minimum absolute atomic E-state index is 0.192. The number of aryl methyl sites for hydroxylation is 1. The highest BCUT2D eigenvalue weighted by Crippen LogP contribution is 2.38. The molecule has 1 unspecified atom stereocenters. The Balaban J connectivity index is 1.68. The van der Waals surface area contributed by atoms with Gasteiger partial charge in [0.15, 0.2) is 17.3 Å². The Labute approximate surface area is 224 Å². The summed E-state index contributed by atoms with van der Waals surface area (Å²) in [5.74, 6) is 0.251. The van der Waals surface area contributed by atoms with Crippen LogP contribution in [-0.2, 0) is 14.8 Å². The number of alkyl halides is 2. The second-order valence-corrected chi connectivity index (χ2v) is 11.3. The molecule has 5 rings (SSSR count). The number of nitrogens with one attached hydrogen (secondary N) is 2. The molecule has 0 radical (unpaired) electrons. The summed E-state index contributed by atoms with van der Waals surface area (Å²) in [7, 11) is -2.14. The first-order valence-corrected chi connectivity index (χ1v) is 14.2. The Hall–Kier alpha value is -3.91. The number of imidazole rings is 1. The fourth-order valence-electron chi connectivity index (χ4n) is 4.38. The van der Waals surface area contributed by atoms with Crippen LogP contribution in [0.25, 0.3) is 11.2 Å². The van der Waals surface area contributed by atoms with Gasteiger partial charge >= 0.3 is 0 Å². The third-order valence-corrected chi connectivity index (χ3v) is 7.57. The highest BCUT2D eigenvalue weighted by atomic mass is 32.2. The molecule has 0 amide bonds. The molecule has 4 aromatic rings. The molecule has 0 aliphatic carbocycles. The zero-order chi connectivity index (χ0) is 27.7. The van der Waals surface area contributed by atoms with Gasteiger partial charge in [-0.3, -0.25) is 8.87 Å². The van der Waals surface area contributed by atoms with Gasteiger partial charge in [0.2, 0.25) is 10.0 Å². The van der Waals surface area contributed by atoms with Crippen molar-refractivity contribution in [1.29, 1.82) is 0 Å². The Morgan fingerprint density at radius 2 is 1.85 bits per heavy atom. The van der Waals surface area contributed by atoms with Gasteiger partial charge in [-0.05, 0) is 50.5 Å². The molecular weight excluding hydrogens is 530 g/mol. The maximum absolute atomic E-state index is 14.3. The van der Waals surface area contributed by atoms with Gasteiger partial charge in [0.25, 0.3) is 6.43 Å². The smallest absolute Gasteiger partial charge is 0.295 e. The lowest BCUT2D eigenvalue weighted by Gasteiger charge is -2.25. The number of hydrogen-bond donors (Lipinski definition) is 2. The van der Waals surface area contributed by atoms with Crippen molar-refractivity contribution in [3.63, 3.8) is 0 Å². The monoisotopic (exact) mass is 558 g/mol. The van der Waals surface area contributed by atoms with E-state index in [0.29, 0.717) is 41.7 Å². The average molecular weight is 559 g/mol. The summed E-state index contributed by atoms with van der Waals surface area (Å²) in [5, 5.41) is 14.4.